The molecule has 6 aromatic heterocycles. The Kier molecular flexibility index (Phi) is 12.6. The van der Waals surface area contributed by atoms with E-state index in [2.05, 4.69) is 29.7 Å². The number of H-pyrrole nitrogens is 1. The molecule has 21 heteroatoms. The summed E-state index contributed by atoms with van der Waals surface area (Å²) < 4.78 is 84.4. The number of fused-ring (bicyclic) bond motifs is 8. The fraction of sp³-hybridized carbons (Fsp3) is 0.250. The van der Waals surface area contributed by atoms with Gasteiger partial charge in [-0.1, -0.05) is 35.4 Å². The number of aromatic nitrogens is 7. The number of pyridine rings is 1. The zero-order valence-corrected chi connectivity index (χ0v) is 45.2. The van der Waals surface area contributed by atoms with E-state index in [0.29, 0.717) is 58.3 Å². The van der Waals surface area contributed by atoms with Gasteiger partial charge in [0.25, 0.3) is 20.0 Å². The van der Waals surface area contributed by atoms with Crippen molar-refractivity contribution in [3.05, 3.63) is 139 Å². The quantitative estimate of drug-likeness (QED) is 0.0955. The number of nitrogens with zero attached hydrogens (tertiary/aromatic N) is 9. The van der Waals surface area contributed by atoms with E-state index in [0.717, 1.165) is 73.7 Å². The molecule has 0 amide bonds. The van der Waals surface area contributed by atoms with Crippen LogP contribution in [0.4, 0.5) is 5.82 Å². The number of benzene rings is 4. The van der Waals surface area contributed by atoms with Gasteiger partial charge in [0, 0.05) is 94.4 Å². The summed E-state index contributed by atoms with van der Waals surface area (Å²) in [7, 11) is -0.974. The Labute approximate surface area is 448 Å². The first-order chi connectivity index (χ1) is 37.2. The van der Waals surface area contributed by atoms with Crippen molar-refractivity contribution in [3.8, 4) is 34.0 Å². The Morgan fingerprint density at radius 1 is 0.727 bits per heavy atom. The molecule has 77 heavy (non-hydrogen) atoms. The smallest absolute Gasteiger partial charge is 0.269 e. The van der Waals surface area contributed by atoms with E-state index in [9.17, 15) is 16.8 Å². The lowest BCUT2D eigenvalue weighted by molar-refractivity contribution is 0.273. The van der Waals surface area contributed by atoms with Crippen molar-refractivity contribution in [2.75, 3.05) is 40.4 Å². The molecule has 394 valence electrons. The van der Waals surface area contributed by atoms with E-state index in [1.807, 2.05) is 100 Å². The van der Waals surface area contributed by atoms with E-state index >= 15 is 0 Å². The second kappa shape index (κ2) is 19.4. The summed E-state index contributed by atoms with van der Waals surface area (Å²) >= 11 is 5.27. The molecule has 0 bridgehead atoms. The predicted molar refractivity (Wildman–Crippen MR) is 298 cm³/mol. The van der Waals surface area contributed by atoms with Crippen molar-refractivity contribution in [2.45, 2.75) is 48.4 Å². The Balaban J connectivity index is 0.000000142. The van der Waals surface area contributed by atoms with Crippen molar-refractivity contribution in [1.29, 1.82) is 0 Å². The van der Waals surface area contributed by atoms with E-state index in [-0.39, 0.29) is 27.9 Å². The topological polar surface area (TPSA) is 201 Å². The van der Waals surface area contributed by atoms with Crippen LogP contribution in [0.2, 0.25) is 0 Å². The Hall–Kier alpha value is -7.75. The minimum Gasteiger partial charge on any atom is -0.497 e. The average Bonchev–Trinajstić information content (AvgIpc) is 4.33. The highest BCUT2D eigenvalue weighted by Crippen LogP contribution is 2.47. The molecule has 0 saturated carbocycles. The molecule has 2 saturated heterocycles. The fourth-order valence-corrected chi connectivity index (χ4v) is 13.3. The molecule has 10 aromatic rings. The maximum absolute atomic E-state index is 14.3. The first-order valence-corrected chi connectivity index (χ1v) is 28.2. The zero-order valence-electron chi connectivity index (χ0n) is 42.8. The highest BCUT2D eigenvalue weighted by atomic mass is 35.5. The number of hydrazone groups is 1. The Bertz CT molecular complexity index is 4230. The maximum atomic E-state index is 14.3. The normalized spacial score (nSPS) is 18.3. The summed E-state index contributed by atoms with van der Waals surface area (Å²) in [5.41, 5.74) is 8.42. The summed E-state index contributed by atoms with van der Waals surface area (Å²) in [5.74, 6) is 2.45. The van der Waals surface area contributed by atoms with E-state index < -0.39 is 20.0 Å². The van der Waals surface area contributed by atoms with Gasteiger partial charge in [0.1, 0.15) is 11.5 Å². The minimum absolute atomic E-state index is 0.00802. The molecule has 4 atom stereocenters. The van der Waals surface area contributed by atoms with Crippen LogP contribution >= 0.6 is 11.6 Å². The lowest BCUT2D eigenvalue weighted by atomic mass is 9.94. The number of aliphatic imine (C=N–C) groups is 1. The summed E-state index contributed by atoms with van der Waals surface area (Å²) in [5, 5.41) is 14.0. The average molecular weight is 1090 g/mol. The molecule has 0 spiro atoms. The van der Waals surface area contributed by atoms with Crippen molar-refractivity contribution in [1.82, 2.24) is 37.3 Å². The lowest BCUT2D eigenvalue weighted by Gasteiger charge is -2.25. The molecule has 14 rings (SSSR count). The van der Waals surface area contributed by atoms with Crippen LogP contribution in [0.5, 0.6) is 11.5 Å². The van der Waals surface area contributed by atoms with Crippen LogP contribution in [0.15, 0.2) is 142 Å². The minimum atomic E-state index is -4.01. The number of ether oxygens (including phenoxy) is 4. The highest BCUT2D eigenvalue weighted by molar-refractivity contribution is 7.90. The van der Waals surface area contributed by atoms with Gasteiger partial charge in [-0.05, 0) is 86.6 Å². The molecule has 4 aliphatic heterocycles. The number of hydrogen-bond acceptors (Lipinski definition) is 13. The molecule has 4 aromatic carbocycles. The van der Waals surface area contributed by atoms with Crippen LogP contribution < -0.4 is 9.47 Å². The molecule has 10 heterocycles. The number of halogens is 1. The molecule has 4 unspecified atom stereocenters. The van der Waals surface area contributed by atoms with E-state index in [1.54, 1.807) is 86.0 Å². The number of alkyl halides is 1. The number of nitrogens with one attached hydrogen (secondary N) is 1. The second-order valence-corrected chi connectivity index (χ2v) is 23.3. The summed E-state index contributed by atoms with van der Waals surface area (Å²) in [6, 6.07) is 29.1. The fourth-order valence-electron chi connectivity index (χ4n) is 10.1. The van der Waals surface area contributed by atoms with Gasteiger partial charge >= 0.3 is 0 Å². The Morgan fingerprint density at radius 3 is 2.00 bits per heavy atom. The molecule has 0 aliphatic carbocycles. The monoisotopic (exact) mass is 1090 g/mol. The van der Waals surface area contributed by atoms with Crippen LogP contribution in [0, 0.1) is 19.8 Å². The molecule has 2 fully saturated rings. The molecule has 1 N–H and O–H groups in total. The number of rotatable bonds is 11. The van der Waals surface area contributed by atoms with Crippen LogP contribution in [-0.4, -0.2) is 119 Å². The molecular formula is C56H53ClN10O8S2. The molecule has 18 nitrogen and oxygen atoms in total. The third-order valence-electron chi connectivity index (χ3n) is 14.3. The van der Waals surface area contributed by atoms with Gasteiger partial charge in [-0.3, -0.25) is 9.69 Å². The van der Waals surface area contributed by atoms with Gasteiger partial charge in [0.05, 0.1) is 96.9 Å². The maximum Gasteiger partial charge on any atom is 0.269 e. The van der Waals surface area contributed by atoms with Crippen molar-refractivity contribution in [2.24, 2.45) is 23.1 Å². The number of aryl methyl sites for hydroxylation is 3. The lowest BCUT2D eigenvalue weighted by Crippen LogP contribution is -2.24. The molecule has 0 radical (unpaired) electrons. The van der Waals surface area contributed by atoms with Crippen LogP contribution in [-0.2, 0) is 43.1 Å². The third kappa shape index (κ3) is 8.92. The van der Waals surface area contributed by atoms with Crippen molar-refractivity contribution >= 4 is 93.6 Å². The third-order valence-corrected chi connectivity index (χ3v) is 18.1. The predicted octanol–water partition coefficient (Wildman–Crippen LogP) is 9.62. The first kappa shape index (κ1) is 50.1. The molecule has 4 aliphatic rings. The number of hydrogen-bond donors (Lipinski definition) is 1. The summed E-state index contributed by atoms with van der Waals surface area (Å²) in [6.45, 7) is 6.13. The van der Waals surface area contributed by atoms with Gasteiger partial charge in [0.15, 0.2) is 11.5 Å². The SMILES string of the molecule is COc1ccc2[nH]cc(-c3cc4c(n3S(=O)(=O)c3ccc(C)cc3)N=CC3C=NN(C)C43)c2c1.COc1ccc2c(c1)c(-c1cc3c4c(cnc3n1S(=O)(=O)c1ccc(C)cc1)cnn4C)cn2CC1CO1.ClCC1CO1. The van der Waals surface area contributed by atoms with Crippen molar-refractivity contribution in [3.63, 3.8) is 0 Å². The standard InChI is InChI=1S/C28H25N5O4S.C25H23N5O3S.C3H5ClO/c1-17-4-7-21(8-5-17)38(34,35)33-26(11-23-27-18(12-29-28(23)33)13-30-31(27)2)24-15-32(14-20-16-37-20)25-9-6-19(36-3)10-22(24)25;1-15-4-7-18(8-5-15)34(31,32)30-23(21-14-26-22-9-6-17(33-3)10-19(21)22)11-20-24-16(12-27-25(20)30)13-28-29(24)2;4-1-3-2-5-3/h4-13,15,20H,14,16H2,1-3H3;4-14,16,24,26H,1-3H3;3H,1-2H2. The second-order valence-electron chi connectivity index (χ2n) is 19.5. The summed E-state index contributed by atoms with van der Waals surface area (Å²) in [6.07, 6.45) is 11.4. The zero-order chi connectivity index (χ0) is 53.5. The van der Waals surface area contributed by atoms with E-state index in [4.69, 9.17) is 30.5 Å². The molecular weight excluding hydrogens is 1040 g/mol. The first-order valence-electron chi connectivity index (χ1n) is 24.8. The van der Waals surface area contributed by atoms with Crippen LogP contribution in [0.1, 0.15) is 22.7 Å². The highest BCUT2D eigenvalue weighted by Gasteiger charge is 2.39. The van der Waals surface area contributed by atoms with E-state index in [1.165, 1.54) is 7.94 Å². The van der Waals surface area contributed by atoms with Gasteiger partial charge in [-0.2, -0.15) is 10.2 Å². The number of aromatic amines is 1. The summed E-state index contributed by atoms with van der Waals surface area (Å²) in [4.78, 5) is 12.9. The number of methoxy groups -OCH3 is 2. The van der Waals surface area contributed by atoms with Gasteiger partial charge in [-0.25, -0.2) is 34.8 Å². The van der Waals surface area contributed by atoms with Crippen LogP contribution in [0.3, 0.4) is 0 Å². The van der Waals surface area contributed by atoms with Gasteiger partial charge in [-0.15, -0.1) is 11.6 Å². The largest absolute Gasteiger partial charge is 0.497 e. The number of epoxide rings is 2. The van der Waals surface area contributed by atoms with Crippen molar-refractivity contribution < 1.29 is 35.8 Å². The Morgan fingerprint density at radius 2 is 1.36 bits per heavy atom. The van der Waals surface area contributed by atoms with Crippen LogP contribution in [0.25, 0.3) is 66.3 Å². The van der Waals surface area contributed by atoms with Gasteiger partial charge < -0.3 is 28.5 Å². The van der Waals surface area contributed by atoms with Gasteiger partial charge in [0.2, 0.25) is 0 Å².